The maximum Gasteiger partial charge on any atom is 0.167 e. The first kappa shape index (κ1) is 30.6. The van der Waals surface area contributed by atoms with Crippen molar-refractivity contribution in [3.05, 3.63) is 188 Å². The third-order valence-corrected chi connectivity index (χ3v) is 10.00. The first-order valence-corrected chi connectivity index (χ1v) is 17.8. The van der Waals surface area contributed by atoms with Gasteiger partial charge in [0.1, 0.15) is 11.2 Å². The van der Waals surface area contributed by atoms with Gasteiger partial charge in [-0.1, -0.05) is 170 Å². The Kier molecular flexibility index (Phi) is 7.43. The molecular formula is C49H31N3O. The van der Waals surface area contributed by atoms with Crippen LogP contribution in [0.25, 0.3) is 100 Å². The molecule has 0 atom stereocenters. The van der Waals surface area contributed by atoms with Crippen molar-refractivity contribution in [3.8, 4) is 67.5 Å². The van der Waals surface area contributed by atoms with Gasteiger partial charge in [0.05, 0.1) is 5.56 Å². The first-order valence-electron chi connectivity index (χ1n) is 17.8. The molecule has 0 radical (unpaired) electrons. The highest BCUT2D eigenvalue weighted by Crippen LogP contribution is 2.39. The summed E-state index contributed by atoms with van der Waals surface area (Å²) in [5, 5.41) is 4.30. The molecule has 8 aromatic carbocycles. The lowest BCUT2D eigenvalue weighted by Crippen LogP contribution is -2.01. The Morgan fingerprint density at radius 1 is 0.264 bits per heavy atom. The number of furan rings is 1. The van der Waals surface area contributed by atoms with Crippen molar-refractivity contribution in [2.45, 2.75) is 0 Å². The second-order valence-corrected chi connectivity index (χ2v) is 13.1. The topological polar surface area (TPSA) is 51.8 Å². The van der Waals surface area contributed by atoms with E-state index >= 15 is 0 Å². The molecule has 4 heteroatoms. The van der Waals surface area contributed by atoms with E-state index in [-0.39, 0.29) is 0 Å². The van der Waals surface area contributed by atoms with Crippen molar-refractivity contribution in [2.24, 2.45) is 0 Å². The minimum Gasteiger partial charge on any atom is -0.455 e. The number of para-hydroxylation sites is 2. The summed E-state index contributed by atoms with van der Waals surface area (Å²) in [6, 6.07) is 65.3. The Morgan fingerprint density at radius 2 is 0.717 bits per heavy atom. The Hall–Kier alpha value is -7.17. The van der Waals surface area contributed by atoms with Crippen LogP contribution in [0.3, 0.4) is 0 Å². The predicted molar refractivity (Wildman–Crippen MR) is 217 cm³/mol. The summed E-state index contributed by atoms with van der Waals surface area (Å²) in [5.74, 6) is 1.79. The quantitative estimate of drug-likeness (QED) is 0.176. The van der Waals surface area contributed by atoms with E-state index in [0.717, 1.165) is 60.5 Å². The van der Waals surface area contributed by atoms with Gasteiger partial charge in [0.2, 0.25) is 0 Å². The van der Waals surface area contributed by atoms with Crippen molar-refractivity contribution in [1.29, 1.82) is 0 Å². The lowest BCUT2D eigenvalue weighted by molar-refractivity contribution is 0.669. The lowest BCUT2D eigenvalue weighted by atomic mass is 9.91. The van der Waals surface area contributed by atoms with Crippen LogP contribution in [0.5, 0.6) is 0 Å². The number of fused-ring (bicyclic) bond motifs is 4. The largest absolute Gasteiger partial charge is 0.455 e. The minimum atomic E-state index is 0.568. The Balaban J connectivity index is 1.10. The Labute approximate surface area is 306 Å². The fourth-order valence-corrected chi connectivity index (χ4v) is 7.44. The molecule has 0 fully saturated rings. The van der Waals surface area contributed by atoms with E-state index in [9.17, 15) is 0 Å². The molecule has 0 spiro atoms. The van der Waals surface area contributed by atoms with Gasteiger partial charge in [-0.3, -0.25) is 0 Å². The molecule has 10 rings (SSSR count). The summed E-state index contributed by atoms with van der Waals surface area (Å²) >= 11 is 0. The zero-order valence-corrected chi connectivity index (χ0v) is 28.6. The van der Waals surface area contributed by atoms with E-state index in [4.69, 9.17) is 19.4 Å². The molecule has 0 saturated carbocycles. The molecule has 0 aliphatic carbocycles. The van der Waals surface area contributed by atoms with E-state index in [0.29, 0.717) is 17.5 Å². The summed E-state index contributed by atoms with van der Waals surface area (Å²) < 4.78 is 6.43. The van der Waals surface area contributed by atoms with Crippen LogP contribution in [0.2, 0.25) is 0 Å². The minimum absolute atomic E-state index is 0.568. The summed E-state index contributed by atoms with van der Waals surface area (Å²) in [7, 11) is 0. The number of hydrogen-bond donors (Lipinski definition) is 0. The van der Waals surface area contributed by atoms with Crippen LogP contribution in [-0.2, 0) is 0 Å². The number of aromatic nitrogens is 3. The lowest BCUT2D eigenvalue weighted by Gasteiger charge is -2.14. The molecule has 4 nitrogen and oxygen atoms in total. The molecule has 248 valence electrons. The standard InChI is InChI=1S/C49H31N3O/c1-3-14-32(15-4-1)36-18-7-8-19-37(36)33-26-28-34(29-27-33)38-30-31-43(40-21-10-9-20-39(38)40)48-50-47(35-16-5-2-6-17-35)51-49(52-48)44-24-13-23-42-41-22-11-12-25-45(41)53-46(42)44/h1-31H. The Morgan fingerprint density at radius 3 is 1.42 bits per heavy atom. The van der Waals surface area contributed by atoms with E-state index in [1.807, 2.05) is 60.7 Å². The van der Waals surface area contributed by atoms with Gasteiger partial charge >= 0.3 is 0 Å². The summed E-state index contributed by atoms with van der Waals surface area (Å²) in [4.78, 5) is 15.3. The normalized spacial score (nSPS) is 11.4. The zero-order chi connectivity index (χ0) is 35.1. The molecule has 0 N–H and O–H groups in total. The molecule has 0 bridgehead atoms. The average molecular weight is 678 g/mol. The summed E-state index contributed by atoms with van der Waals surface area (Å²) in [5.41, 5.74) is 11.4. The summed E-state index contributed by atoms with van der Waals surface area (Å²) in [6.07, 6.45) is 0. The molecule has 10 aromatic rings. The van der Waals surface area contributed by atoms with Crippen LogP contribution in [0.1, 0.15) is 0 Å². The monoisotopic (exact) mass is 677 g/mol. The van der Waals surface area contributed by atoms with Crippen LogP contribution in [0, 0.1) is 0 Å². The highest BCUT2D eigenvalue weighted by Gasteiger charge is 2.19. The van der Waals surface area contributed by atoms with Gasteiger partial charge in [-0.05, 0) is 62.4 Å². The van der Waals surface area contributed by atoms with Gasteiger partial charge in [0.25, 0.3) is 0 Å². The molecule has 53 heavy (non-hydrogen) atoms. The summed E-state index contributed by atoms with van der Waals surface area (Å²) in [6.45, 7) is 0. The molecule has 0 saturated heterocycles. The maximum atomic E-state index is 6.43. The zero-order valence-electron chi connectivity index (χ0n) is 28.6. The molecule has 2 aromatic heterocycles. The van der Waals surface area contributed by atoms with Gasteiger partial charge in [0.15, 0.2) is 17.5 Å². The Bertz CT molecular complexity index is 2930. The molecule has 2 heterocycles. The fourth-order valence-electron chi connectivity index (χ4n) is 7.44. The van der Waals surface area contributed by atoms with Crippen molar-refractivity contribution < 1.29 is 4.42 Å². The fraction of sp³-hybridized carbons (Fsp3) is 0. The highest BCUT2D eigenvalue weighted by atomic mass is 16.3. The van der Waals surface area contributed by atoms with Gasteiger partial charge in [-0.25, -0.2) is 15.0 Å². The first-order chi connectivity index (χ1) is 26.3. The van der Waals surface area contributed by atoms with Crippen LogP contribution < -0.4 is 0 Å². The van der Waals surface area contributed by atoms with Crippen molar-refractivity contribution in [2.75, 3.05) is 0 Å². The second kappa shape index (κ2) is 12.9. The van der Waals surface area contributed by atoms with Crippen LogP contribution in [0.15, 0.2) is 192 Å². The molecule has 0 amide bonds. The molecular weight excluding hydrogens is 647 g/mol. The van der Waals surface area contributed by atoms with Gasteiger partial charge in [0, 0.05) is 21.9 Å². The van der Waals surface area contributed by atoms with Crippen LogP contribution in [0.4, 0.5) is 0 Å². The number of nitrogens with zero attached hydrogens (tertiary/aromatic N) is 3. The molecule has 0 aliphatic rings. The second-order valence-electron chi connectivity index (χ2n) is 13.1. The predicted octanol–water partition coefficient (Wildman–Crippen LogP) is 12.9. The number of benzene rings is 8. The van der Waals surface area contributed by atoms with Gasteiger partial charge in [-0.2, -0.15) is 0 Å². The number of hydrogen-bond acceptors (Lipinski definition) is 4. The van der Waals surface area contributed by atoms with Gasteiger partial charge < -0.3 is 4.42 Å². The van der Waals surface area contributed by atoms with Crippen LogP contribution >= 0.6 is 0 Å². The highest BCUT2D eigenvalue weighted by molar-refractivity contribution is 6.09. The van der Waals surface area contributed by atoms with E-state index in [1.165, 1.54) is 22.3 Å². The van der Waals surface area contributed by atoms with Crippen molar-refractivity contribution in [1.82, 2.24) is 15.0 Å². The molecule has 0 unspecified atom stereocenters. The van der Waals surface area contributed by atoms with Gasteiger partial charge in [-0.15, -0.1) is 0 Å². The smallest absolute Gasteiger partial charge is 0.167 e. The number of rotatable bonds is 6. The average Bonchev–Trinajstić information content (AvgIpc) is 3.63. The van der Waals surface area contributed by atoms with E-state index < -0.39 is 0 Å². The van der Waals surface area contributed by atoms with Crippen molar-refractivity contribution >= 4 is 32.7 Å². The SMILES string of the molecule is c1ccc(-c2nc(-c3ccc(-c4ccc(-c5ccccc5-c5ccccc5)cc4)c4ccccc34)nc(-c3cccc4c3oc3ccccc34)n2)cc1. The van der Waals surface area contributed by atoms with Crippen molar-refractivity contribution in [3.63, 3.8) is 0 Å². The molecule has 0 aliphatic heterocycles. The third-order valence-electron chi connectivity index (χ3n) is 10.00. The van der Waals surface area contributed by atoms with E-state index in [2.05, 4.69) is 127 Å². The maximum absolute atomic E-state index is 6.43. The van der Waals surface area contributed by atoms with Crippen LogP contribution in [-0.4, -0.2) is 15.0 Å². The van der Waals surface area contributed by atoms with E-state index in [1.54, 1.807) is 0 Å². The third kappa shape index (κ3) is 5.45.